The van der Waals surface area contributed by atoms with Gasteiger partial charge in [0.2, 0.25) is 0 Å². The monoisotopic (exact) mass is 481 g/mol. The number of carbonyl (C=O) groups excluding carboxylic acids is 1. The molecule has 2 aromatic heterocycles. The summed E-state index contributed by atoms with van der Waals surface area (Å²) < 4.78 is 44.8. The van der Waals surface area contributed by atoms with E-state index in [1.807, 2.05) is 18.2 Å². The molecule has 0 aliphatic carbocycles. The minimum atomic E-state index is -4.44. The smallest absolute Gasteiger partial charge is 0.380 e. The summed E-state index contributed by atoms with van der Waals surface area (Å²) >= 11 is 0. The number of fused-ring (bicyclic) bond motifs is 1. The number of nitrogens with zero attached hydrogens (tertiary/aromatic N) is 4. The first kappa shape index (κ1) is 21.8. The van der Waals surface area contributed by atoms with Crippen molar-refractivity contribution >= 4 is 23.5 Å². The predicted molar refractivity (Wildman–Crippen MR) is 124 cm³/mol. The van der Waals surface area contributed by atoms with Gasteiger partial charge in [0.25, 0.3) is 0 Å². The number of halogens is 3. The largest absolute Gasteiger partial charge is 0.416 e. The van der Waals surface area contributed by atoms with Crippen LogP contribution in [-0.4, -0.2) is 48.8 Å². The molecule has 5 heterocycles. The summed E-state index contributed by atoms with van der Waals surface area (Å²) in [6, 6.07) is 13.6. The number of anilines is 3. The summed E-state index contributed by atoms with van der Waals surface area (Å²) in [4.78, 5) is 25.9. The van der Waals surface area contributed by atoms with Gasteiger partial charge in [0, 0.05) is 25.2 Å². The molecule has 7 nitrogen and oxygen atoms in total. The molecule has 0 saturated carbocycles. The van der Waals surface area contributed by atoms with Crippen LogP contribution in [0.2, 0.25) is 0 Å². The van der Waals surface area contributed by atoms with Crippen molar-refractivity contribution in [2.24, 2.45) is 5.41 Å². The van der Waals surface area contributed by atoms with Crippen molar-refractivity contribution in [2.75, 3.05) is 48.0 Å². The number of carbonyl (C=O) groups is 1. The Labute approximate surface area is 199 Å². The molecule has 2 saturated heterocycles. The number of benzene rings is 1. The zero-order valence-electron chi connectivity index (χ0n) is 18.7. The van der Waals surface area contributed by atoms with Crippen LogP contribution >= 0.6 is 0 Å². The molecule has 0 atom stereocenters. The van der Waals surface area contributed by atoms with Crippen LogP contribution in [0.25, 0.3) is 11.3 Å². The fraction of sp³-hybridized carbons (Fsp3) is 0.320. The summed E-state index contributed by atoms with van der Waals surface area (Å²) in [5.41, 5.74) is 1.10. The average molecular weight is 481 g/mol. The molecule has 1 aromatic carbocycles. The highest BCUT2D eigenvalue weighted by atomic mass is 19.4. The van der Waals surface area contributed by atoms with Crippen LogP contribution in [0.5, 0.6) is 0 Å². The zero-order valence-corrected chi connectivity index (χ0v) is 18.7. The molecule has 180 valence electrons. The number of alkyl halides is 3. The topological polar surface area (TPSA) is 70.6 Å². The third-order valence-electron chi connectivity index (χ3n) is 6.71. The van der Waals surface area contributed by atoms with E-state index in [-0.39, 0.29) is 11.4 Å². The molecule has 1 spiro atoms. The Morgan fingerprint density at radius 1 is 1.03 bits per heavy atom. The van der Waals surface area contributed by atoms with E-state index in [9.17, 15) is 18.0 Å². The Kier molecular flexibility index (Phi) is 4.96. The van der Waals surface area contributed by atoms with E-state index in [4.69, 9.17) is 4.74 Å². The molecule has 6 rings (SSSR count). The molecule has 2 fully saturated rings. The van der Waals surface area contributed by atoms with Crippen molar-refractivity contribution in [1.29, 1.82) is 0 Å². The van der Waals surface area contributed by atoms with Crippen molar-refractivity contribution < 1.29 is 22.7 Å². The normalized spacial score (nSPS) is 18.1. The number of amides is 2. The van der Waals surface area contributed by atoms with Crippen LogP contribution in [0.1, 0.15) is 11.1 Å². The zero-order chi connectivity index (χ0) is 24.2. The van der Waals surface area contributed by atoms with Gasteiger partial charge in [0.05, 0.1) is 29.9 Å². The van der Waals surface area contributed by atoms with E-state index in [0.717, 1.165) is 49.8 Å². The van der Waals surface area contributed by atoms with E-state index in [1.165, 1.54) is 11.0 Å². The van der Waals surface area contributed by atoms with E-state index >= 15 is 0 Å². The SMILES string of the molecule is O=C(Nc1cccc(N2CC3(COC3)C2)n1)N1CCc2ccc(-c3cccc(C(F)(F)F)c3)nc21. The lowest BCUT2D eigenvalue weighted by atomic mass is 9.78. The van der Waals surface area contributed by atoms with Gasteiger partial charge >= 0.3 is 12.2 Å². The van der Waals surface area contributed by atoms with E-state index in [1.54, 1.807) is 18.2 Å². The maximum absolute atomic E-state index is 13.1. The molecule has 3 aromatic rings. The lowest BCUT2D eigenvalue weighted by molar-refractivity contribution is -0.137. The number of hydrogen-bond donors (Lipinski definition) is 1. The molecule has 2 amide bonds. The fourth-order valence-corrected chi connectivity index (χ4v) is 4.80. The summed E-state index contributed by atoms with van der Waals surface area (Å²) in [5.74, 6) is 1.68. The number of urea groups is 1. The number of nitrogens with one attached hydrogen (secondary N) is 1. The van der Waals surface area contributed by atoms with Crippen molar-refractivity contribution in [3.8, 4) is 11.3 Å². The minimum Gasteiger partial charge on any atom is -0.380 e. The standard InChI is InChI=1S/C25H22F3N5O2/c26-25(27,28)18-4-1-3-17(11-18)19-8-7-16-9-10-33(22(16)29-19)23(34)31-20-5-2-6-21(30-20)32-12-24(13-32)14-35-15-24/h1-8,11H,9-10,12-15H2,(H,30,31,34). The first-order chi connectivity index (χ1) is 16.8. The van der Waals surface area contributed by atoms with E-state index < -0.39 is 11.7 Å². The molecular weight excluding hydrogens is 459 g/mol. The van der Waals surface area contributed by atoms with Gasteiger partial charge in [0.1, 0.15) is 17.5 Å². The van der Waals surface area contributed by atoms with Gasteiger partial charge in [-0.05, 0) is 42.3 Å². The average Bonchev–Trinajstić information content (AvgIpc) is 3.20. The molecular formula is C25H22F3N5O2. The van der Waals surface area contributed by atoms with Gasteiger partial charge in [-0.3, -0.25) is 10.2 Å². The quantitative estimate of drug-likeness (QED) is 0.593. The van der Waals surface area contributed by atoms with Gasteiger partial charge in [-0.1, -0.05) is 24.3 Å². The van der Waals surface area contributed by atoms with E-state index in [2.05, 4.69) is 20.2 Å². The van der Waals surface area contributed by atoms with Crippen LogP contribution in [0.3, 0.4) is 0 Å². The second-order valence-corrected chi connectivity index (χ2v) is 9.32. The third kappa shape index (κ3) is 3.97. The number of rotatable bonds is 3. The number of ether oxygens (including phenoxy) is 1. The van der Waals surface area contributed by atoms with Crippen molar-refractivity contribution in [3.05, 3.63) is 65.7 Å². The Morgan fingerprint density at radius 3 is 2.57 bits per heavy atom. The molecule has 10 heteroatoms. The van der Waals surface area contributed by atoms with Crippen LogP contribution in [-0.2, 0) is 17.3 Å². The number of hydrogen-bond acceptors (Lipinski definition) is 5. The van der Waals surface area contributed by atoms with Gasteiger partial charge in [-0.15, -0.1) is 0 Å². The Morgan fingerprint density at radius 2 is 1.83 bits per heavy atom. The molecule has 35 heavy (non-hydrogen) atoms. The summed E-state index contributed by atoms with van der Waals surface area (Å²) in [6.45, 7) is 3.76. The predicted octanol–water partition coefficient (Wildman–Crippen LogP) is 4.59. The van der Waals surface area contributed by atoms with Crippen molar-refractivity contribution in [1.82, 2.24) is 9.97 Å². The number of aromatic nitrogens is 2. The fourth-order valence-electron chi connectivity index (χ4n) is 4.80. The second kappa shape index (κ2) is 7.94. The van der Waals surface area contributed by atoms with Crippen LogP contribution < -0.4 is 15.1 Å². The first-order valence-corrected chi connectivity index (χ1v) is 11.4. The molecule has 0 unspecified atom stereocenters. The molecule has 0 bridgehead atoms. The maximum Gasteiger partial charge on any atom is 0.416 e. The summed E-state index contributed by atoms with van der Waals surface area (Å²) in [7, 11) is 0. The lowest BCUT2D eigenvalue weighted by Crippen LogP contribution is -2.66. The van der Waals surface area contributed by atoms with Crippen molar-refractivity contribution in [2.45, 2.75) is 12.6 Å². The van der Waals surface area contributed by atoms with Gasteiger partial charge in [0.15, 0.2) is 0 Å². The highest BCUT2D eigenvalue weighted by Crippen LogP contribution is 2.40. The Balaban J connectivity index is 1.20. The lowest BCUT2D eigenvalue weighted by Gasteiger charge is -2.55. The highest BCUT2D eigenvalue weighted by Gasteiger charge is 2.49. The van der Waals surface area contributed by atoms with Crippen LogP contribution in [0.4, 0.5) is 35.4 Å². The van der Waals surface area contributed by atoms with Crippen molar-refractivity contribution in [3.63, 3.8) is 0 Å². The van der Waals surface area contributed by atoms with Crippen LogP contribution in [0, 0.1) is 5.41 Å². The van der Waals surface area contributed by atoms with Gasteiger partial charge in [-0.2, -0.15) is 13.2 Å². The summed E-state index contributed by atoms with van der Waals surface area (Å²) in [6.07, 6.45) is -3.83. The first-order valence-electron chi connectivity index (χ1n) is 11.4. The second-order valence-electron chi connectivity index (χ2n) is 9.32. The third-order valence-corrected chi connectivity index (χ3v) is 6.71. The molecule has 0 radical (unpaired) electrons. The van der Waals surface area contributed by atoms with E-state index in [0.29, 0.717) is 35.9 Å². The molecule has 3 aliphatic heterocycles. The highest BCUT2D eigenvalue weighted by molar-refractivity contribution is 6.02. The summed E-state index contributed by atoms with van der Waals surface area (Å²) in [5, 5.41) is 2.84. The molecule has 1 N–H and O–H groups in total. The van der Waals surface area contributed by atoms with Gasteiger partial charge < -0.3 is 9.64 Å². The van der Waals surface area contributed by atoms with Crippen LogP contribution in [0.15, 0.2) is 54.6 Å². The minimum absolute atomic E-state index is 0.253. The Bertz CT molecular complexity index is 1300. The number of pyridine rings is 2. The maximum atomic E-state index is 13.1. The van der Waals surface area contributed by atoms with Gasteiger partial charge in [-0.25, -0.2) is 14.8 Å². The Hall–Kier alpha value is -3.66. The molecule has 3 aliphatic rings.